The predicted molar refractivity (Wildman–Crippen MR) is 127 cm³/mol. The molecule has 3 aromatic carbocycles. The van der Waals surface area contributed by atoms with E-state index in [9.17, 15) is 4.79 Å². The van der Waals surface area contributed by atoms with Gasteiger partial charge in [0.1, 0.15) is 0 Å². The molecule has 160 valence electrons. The number of carbonyl (C=O) groups is 1. The predicted octanol–water partition coefficient (Wildman–Crippen LogP) is 4.88. The molecule has 0 saturated carbocycles. The van der Waals surface area contributed by atoms with E-state index in [0.29, 0.717) is 6.42 Å². The summed E-state index contributed by atoms with van der Waals surface area (Å²) in [5.74, 6) is -0.0642. The first-order valence-electron chi connectivity index (χ1n) is 11.2. The number of hydrogen-bond acceptors (Lipinski definition) is 2. The third kappa shape index (κ3) is 4.88. The van der Waals surface area contributed by atoms with E-state index in [1.165, 1.54) is 44.5 Å². The van der Waals surface area contributed by atoms with Crippen molar-refractivity contribution in [2.75, 3.05) is 0 Å². The lowest BCUT2D eigenvalue weighted by Crippen LogP contribution is -2.43. The zero-order chi connectivity index (χ0) is 22.0. The molecule has 2 unspecified atom stereocenters. The number of nitrogens with two attached hydrogens (primary N) is 1. The number of rotatable bonds is 6. The van der Waals surface area contributed by atoms with E-state index in [-0.39, 0.29) is 11.9 Å². The SMILES string of the molecule is Cc1cc(C)c(CC(N)C(=O)NC2CCc3ccc(Cc4ccccc4)cc32)c(C)c1. The van der Waals surface area contributed by atoms with Crippen molar-refractivity contribution in [3.8, 4) is 0 Å². The van der Waals surface area contributed by atoms with Crippen molar-refractivity contribution in [2.24, 2.45) is 5.73 Å². The molecule has 3 heteroatoms. The van der Waals surface area contributed by atoms with E-state index in [0.717, 1.165) is 19.3 Å². The number of hydrogen-bond donors (Lipinski definition) is 2. The lowest BCUT2D eigenvalue weighted by Gasteiger charge is -2.20. The van der Waals surface area contributed by atoms with Crippen molar-refractivity contribution in [3.63, 3.8) is 0 Å². The van der Waals surface area contributed by atoms with E-state index >= 15 is 0 Å². The summed E-state index contributed by atoms with van der Waals surface area (Å²) in [5.41, 5.74) is 16.3. The van der Waals surface area contributed by atoms with Gasteiger partial charge in [-0.05, 0) is 85.4 Å². The molecular weight excluding hydrogens is 380 g/mol. The molecule has 1 aliphatic carbocycles. The van der Waals surface area contributed by atoms with Crippen LogP contribution < -0.4 is 11.1 Å². The van der Waals surface area contributed by atoms with Crippen LogP contribution in [0.15, 0.2) is 60.7 Å². The molecule has 0 bridgehead atoms. The number of benzene rings is 3. The first kappa shape index (κ1) is 21.3. The molecule has 0 saturated heterocycles. The van der Waals surface area contributed by atoms with Gasteiger partial charge >= 0.3 is 0 Å². The van der Waals surface area contributed by atoms with Crippen LogP contribution in [-0.2, 0) is 24.1 Å². The standard InChI is InChI=1S/C28H32N2O/c1-18-13-19(2)24(20(3)14-18)17-26(29)28(31)30-27-12-11-23-10-9-22(16-25(23)27)15-21-7-5-4-6-8-21/h4-10,13-14,16,26-27H,11-12,15,17,29H2,1-3H3,(H,30,31). The molecule has 0 aliphatic heterocycles. The Morgan fingerprint density at radius 2 is 1.71 bits per heavy atom. The van der Waals surface area contributed by atoms with E-state index in [4.69, 9.17) is 5.73 Å². The molecule has 0 spiro atoms. The molecule has 3 aromatic rings. The van der Waals surface area contributed by atoms with Crippen LogP contribution in [0, 0.1) is 20.8 Å². The second kappa shape index (κ2) is 9.07. The van der Waals surface area contributed by atoms with Gasteiger partial charge in [0, 0.05) is 0 Å². The zero-order valence-electron chi connectivity index (χ0n) is 18.7. The van der Waals surface area contributed by atoms with Gasteiger partial charge < -0.3 is 11.1 Å². The van der Waals surface area contributed by atoms with Gasteiger partial charge in [0.25, 0.3) is 0 Å². The summed E-state index contributed by atoms with van der Waals surface area (Å²) in [6.07, 6.45) is 3.40. The molecule has 3 nitrogen and oxygen atoms in total. The quantitative estimate of drug-likeness (QED) is 0.606. The van der Waals surface area contributed by atoms with Crippen molar-refractivity contribution in [3.05, 3.63) is 105 Å². The van der Waals surface area contributed by atoms with Crippen LogP contribution in [0.25, 0.3) is 0 Å². The van der Waals surface area contributed by atoms with Crippen LogP contribution >= 0.6 is 0 Å². The van der Waals surface area contributed by atoms with Crippen LogP contribution in [0.2, 0.25) is 0 Å². The number of nitrogens with one attached hydrogen (secondary N) is 1. The highest BCUT2D eigenvalue weighted by molar-refractivity contribution is 5.82. The van der Waals surface area contributed by atoms with Gasteiger partial charge in [-0.25, -0.2) is 0 Å². The second-order valence-electron chi connectivity index (χ2n) is 8.98. The largest absolute Gasteiger partial charge is 0.348 e. The third-order valence-corrected chi connectivity index (χ3v) is 6.46. The lowest BCUT2D eigenvalue weighted by molar-refractivity contribution is -0.123. The Kier molecular flexibility index (Phi) is 6.24. The molecule has 1 amide bonds. The normalized spacial score (nSPS) is 16.1. The highest BCUT2D eigenvalue weighted by atomic mass is 16.2. The molecule has 1 aliphatic rings. The topological polar surface area (TPSA) is 55.1 Å². The highest BCUT2D eigenvalue weighted by Gasteiger charge is 2.26. The summed E-state index contributed by atoms with van der Waals surface area (Å²) in [6.45, 7) is 6.29. The zero-order valence-corrected chi connectivity index (χ0v) is 18.7. The Bertz CT molecular complexity index is 1060. The van der Waals surface area contributed by atoms with Gasteiger partial charge in [-0.3, -0.25) is 4.79 Å². The summed E-state index contributed by atoms with van der Waals surface area (Å²) in [6, 6.07) is 21.0. The average molecular weight is 413 g/mol. The highest BCUT2D eigenvalue weighted by Crippen LogP contribution is 2.32. The Morgan fingerprint density at radius 1 is 1.00 bits per heavy atom. The Labute approximate surface area is 185 Å². The molecule has 0 fully saturated rings. The molecule has 0 aromatic heterocycles. The van der Waals surface area contributed by atoms with Crippen LogP contribution in [0.1, 0.15) is 57.0 Å². The van der Waals surface area contributed by atoms with E-state index in [2.05, 4.69) is 80.7 Å². The Morgan fingerprint density at radius 3 is 2.42 bits per heavy atom. The first-order chi connectivity index (χ1) is 14.9. The maximum absolute atomic E-state index is 12.9. The molecule has 0 heterocycles. The average Bonchev–Trinajstić information content (AvgIpc) is 3.13. The van der Waals surface area contributed by atoms with Crippen molar-refractivity contribution < 1.29 is 4.79 Å². The number of carbonyl (C=O) groups excluding carboxylic acids is 1. The fraction of sp³-hybridized carbons (Fsp3) is 0.321. The summed E-state index contributed by atoms with van der Waals surface area (Å²) >= 11 is 0. The van der Waals surface area contributed by atoms with E-state index < -0.39 is 6.04 Å². The molecule has 31 heavy (non-hydrogen) atoms. The van der Waals surface area contributed by atoms with Crippen molar-refractivity contribution in [1.29, 1.82) is 0 Å². The second-order valence-corrected chi connectivity index (χ2v) is 8.98. The number of aryl methyl sites for hydroxylation is 4. The first-order valence-corrected chi connectivity index (χ1v) is 11.2. The van der Waals surface area contributed by atoms with Crippen LogP contribution in [0.4, 0.5) is 0 Å². The summed E-state index contributed by atoms with van der Waals surface area (Å²) in [4.78, 5) is 12.9. The molecule has 2 atom stereocenters. The monoisotopic (exact) mass is 412 g/mol. The molecule has 3 N–H and O–H groups in total. The molecule has 4 rings (SSSR count). The Balaban J connectivity index is 1.45. The minimum absolute atomic E-state index is 0.0458. The fourth-order valence-electron chi connectivity index (χ4n) is 4.87. The maximum atomic E-state index is 12.9. The van der Waals surface area contributed by atoms with Crippen LogP contribution in [0.5, 0.6) is 0 Å². The molecule has 0 radical (unpaired) electrons. The van der Waals surface area contributed by atoms with Crippen molar-refractivity contribution in [2.45, 2.75) is 58.5 Å². The summed E-state index contributed by atoms with van der Waals surface area (Å²) in [7, 11) is 0. The van der Waals surface area contributed by atoms with Gasteiger partial charge in [0.05, 0.1) is 12.1 Å². The van der Waals surface area contributed by atoms with Gasteiger partial charge in [-0.1, -0.05) is 66.2 Å². The van der Waals surface area contributed by atoms with E-state index in [1.807, 2.05) is 6.07 Å². The third-order valence-electron chi connectivity index (χ3n) is 6.46. The van der Waals surface area contributed by atoms with Gasteiger partial charge in [0.15, 0.2) is 0 Å². The van der Waals surface area contributed by atoms with Gasteiger partial charge in [-0.2, -0.15) is 0 Å². The van der Waals surface area contributed by atoms with Crippen molar-refractivity contribution in [1.82, 2.24) is 5.32 Å². The van der Waals surface area contributed by atoms with Crippen molar-refractivity contribution >= 4 is 5.91 Å². The summed E-state index contributed by atoms with van der Waals surface area (Å²) in [5, 5.41) is 3.23. The minimum Gasteiger partial charge on any atom is -0.348 e. The van der Waals surface area contributed by atoms with Gasteiger partial charge in [0.2, 0.25) is 5.91 Å². The van der Waals surface area contributed by atoms with E-state index in [1.54, 1.807) is 0 Å². The molecular formula is C28H32N2O. The maximum Gasteiger partial charge on any atom is 0.237 e. The summed E-state index contributed by atoms with van der Waals surface area (Å²) < 4.78 is 0. The lowest BCUT2D eigenvalue weighted by atomic mass is 9.94. The smallest absolute Gasteiger partial charge is 0.237 e. The minimum atomic E-state index is -0.545. The number of amides is 1. The Hall–Kier alpha value is -2.91. The number of fused-ring (bicyclic) bond motifs is 1. The van der Waals surface area contributed by atoms with Gasteiger partial charge in [-0.15, -0.1) is 0 Å². The van der Waals surface area contributed by atoms with Crippen LogP contribution in [0.3, 0.4) is 0 Å². The fourth-order valence-corrected chi connectivity index (χ4v) is 4.87. The van der Waals surface area contributed by atoms with Crippen LogP contribution in [-0.4, -0.2) is 11.9 Å².